The normalized spacial score (nSPS) is 39.1. The number of methoxy groups -OCH3 is 2. The Balaban J connectivity index is 2.00. The van der Waals surface area contributed by atoms with Crippen molar-refractivity contribution in [3.63, 3.8) is 0 Å². The summed E-state index contributed by atoms with van der Waals surface area (Å²) >= 11 is 0. The number of primary amides is 1. The molecule has 3 rings (SSSR count). The second-order valence-electron chi connectivity index (χ2n) is 17.5. The summed E-state index contributed by atoms with van der Waals surface area (Å²) in [4.78, 5) is 25.4. The molecule has 3 heterocycles. The summed E-state index contributed by atoms with van der Waals surface area (Å²) in [5.41, 5.74) is 6.78. The van der Waals surface area contributed by atoms with Crippen LogP contribution in [0.2, 0.25) is 0 Å². The molecule has 2 saturated heterocycles. The Labute approximate surface area is 362 Å². The number of allylic oxidation sites excluding steroid dienone is 6. The smallest absolute Gasteiger partial charge is 0.404 e. The van der Waals surface area contributed by atoms with Crippen molar-refractivity contribution in [1.29, 1.82) is 0 Å². The molecule has 348 valence electrons. The number of hydrogen-bond acceptors (Lipinski definition) is 14. The molecule has 3 aliphatic rings. The molecular weight excluding hydrogens is 790 g/mol. The number of ether oxygens (including phenoxy) is 7. The largest absolute Gasteiger partial charge is 0.490 e. The highest BCUT2D eigenvalue weighted by Gasteiger charge is 2.52. The first-order valence-corrected chi connectivity index (χ1v) is 21.7. The van der Waals surface area contributed by atoms with Gasteiger partial charge in [0.05, 0.1) is 49.8 Å². The van der Waals surface area contributed by atoms with Crippen LogP contribution in [0.15, 0.2) is 59.4 Å². The van der Waals surface area contributed by atoms with Gasteiger partial charge in [-0.15, -0.1) is 0 Å². The van der Waals surface area contributed by atoms with Crippen LogP contribution in [0.5, 0.6) is 0 Å². The van der Waals surface area contributed by atoms with Gasteiger partial charge >= 0.3 is 12.1 Å². The second-order valence-corrected chi connectivity index (χ2v) is 17.5. The van der Waals surface area contributed by atoms with Crippen molar-refractivity contribution in [2.45, 2.75) is 168 Å². The number of esters is 1. The number of amides is 1. The molecule has 3 aliphatic heterocycles. The fraction of sp³-hybridized carbons (Fsp3) is 0.739. The highest BCUT2D eigenvalue weighted by atomic mass is 16.7. The van der Waals surface area contributed by atoms with Gasteiger partial charge in [-0.25, -0.2) is 9.59 Å². The maximum Gasteiger partial charge on any atom is 0.404 e. The summed E-state index contributed by atoms with van der Waals surface area (Å²) in [7, 11) is 2.81. The number of rotatable bonds is 11. The molecule has 18 atom stereocenters. The maximum atomic E-state index is 13.9. The monoisotopic (exact) mass is 866 g/mol. The molecule has 0 aromatic rings. The molecule has 1 amide bonds. The zero-order valence-corrected chi connectivity index (χ0v) is 38.2. The van der Waals surface area contributed by atoms with Gasteiger partial charge in [0.15, 0.2) is 18.2 Å². The van der Waals surface area contributed by atoms with E-state index < -0.39 is 97.0 Å². The zero-order chi connectivity index (χ0) is 45.9. The van der Waals surface area contributed by atoms with Gasteiger partial charge < -0.3 is 64.4 Å². The Morgan fingerprint density at radius 3 is 2.34 bits per heavy atom. The van der Waals surface area contributed by atoms with E-state index in [9.17, 15) is 35.1 Å². The highest BCUT2D eigenvalue weighted by Crippen LogP contribution is 2.42. The molecule has 0 aromatic carbocycles. The lowest BCUT2D eigenvalue weighted by atomic mass is 9.77. The van der Waals surface area contributed by atoms with E-state index in [0.717, 1.165) is 5.57 Å². The van der Waals surface area contributed by atoms with Crippen molar-refractivity contribution in [3.8, 4) is 0 Å². The lowest BCUT2D eigenvalue weighted by Gasteiger charge is -2.49. The molecule has 2 fully saturated rings. The quantitative estimate of drug-likeness (QED) is 0.119. The lowest BCUT2D eigenvalue weighted by molar-refractivity contribution is -0.338. The lowest BCUT2D eigenvalue weighted by Crippen LogP contribution is -2.59. The number of carbonyl (C=O) groups excluding carboxylic acids is 2. The second kappa shape index (κ2) is 23.5. The van der Waals surface area contributed by atoms with E-state index in [4.69, 9.17) is 38.9 Å². The molecular formula is C46H75NO14. The van der Waals surface area contributed by atoms with Gasteiger partial charge in [0, 0.05) is 49.5 Å². The van der Waals surface area contributed by atoms with Crippen LogP contribution >= 0.6 is 0 Å². The minimum atomic E-state index is -1.97. The van der Waals surface area contributed by atoms with E-state index in [0.29, 0.717) is 18.4 Å². The summed E-state index contributed by atoms with van der Waals surface area (Å²) < 4.78 is 41.4. The molecule has 0 unspecified atom stereocenters. The molecule has 0 aliphatic carbocycles. The molecule has 61 heavy (non-hydrogen) atoms. The minimum Gasteiger partial charge on any atom is -0.490 e. The van der Waals surface area contributed by atoms with Crippen LogP contribution < -0.4 is 5.73 Å². The van der Waals surface area contributed by atoms with Crippen LogP contribution in [0, 0.1) is 35.5 Å². The van der Waals surface area contributed by atoms with Gasteiger partial charge in [-0.1, -0.05) is 89.1 Å². The molecule has 0 aromatic heterocycles. The van der Waals surface area contributed by atoms with Crippen molar-refractivity contribution in [2.75, 3.05) is 14.2 Å². The summed E-state index contributed by atoms with van der Waals surface area (Å²) in [6, 6.07) is 0. The number of aliphatic hydroxyl groups excluding tert-OH is 4. The Kier molecular flexibility index (Phi) is 20.1. The third-order valence-corrected chi connectivity index (χ3v) is 12.8. The van der Waals surface area contributed by atoms with Crippen LogP contribution in [0.25, 0.3) is 0 Å². The summed E-state index contributed by atoms with van der Waals surface area (Å²) in [6.45, 7) is 18.2. The molecule has 0 spiro atoms. The average Bonchev–Trinajstić information content (AvgIpc) is 3.19. The highest BCUT2D eigenvalue weighted by molar-refractivity contribution is 5.87. The topological polar surface area (TPSA) is 226 Å². The predicted octanol–water partition coefficient (Wildman–Crippen LogP) is 4.98. The van der Waals surface area contributed by atoms with Crippen molar-refractivity contribution in [1.82, 2.24) is 0 Å². The third kappa shape index (κ3) is 13.7. The molecule has 7 N–H and O–H groups in total. The first-order chi connectivity index (χ1) is 28.6. The van der Waals surface area contributed by atoms with Crippen LogP contribution in [0.1, 0.15) is 94.9 Å². The van der Waals surface area contributed by atoms with Crippen LogP contribution in [0.3, 0.4) is 0 Å². The van der Waals surface area contributed by atoms with Crippen LogP contribution in [-0.2, 0) is 38.0 Å². The van der Waals surface area contributed by atoms with Crippen molar-refractivity contribution >= 4 is 12.1 Å². The predicted molar refractivity (Wildman–Crippen MR) is 228 cm³/mol. The zero-order valence-electron chi connectivity index (χ0n) is 38.2. The minimum absolute atomic E-state index is 0.0313. The summed E-state index contributed by atoms with van der Waals surface area (Å²) in [5.74, 6) is -6.00. The molecule has 0 saturated carbocycles. The first kappa shape index (κ1) is 52.2. The van der Waals surface area contributed by atoms with Crippen molar-refractivity contribution in [2.24, 2.45) is 41.2 Å². The number of carbonyl (C=O) groups is 2. The van der Waals surface area contributed by atoms with Gasteiger partial charge in [-0.2, -0.15) is 0 Å². The van der Waals surface area contributed by atoms with Crippen LogP contribution in [0.4, 0.5) is 4.79 Å². The van der Waals surface area contributed by atoms with E-state index in [2.05, 4.69) is 0 Å². The third-order valence-electron chi connectivity index (χ3n) is 12.8. The Morgan fingerprint density at radius 2 is 1.77 bits per heavy atom. The van der Waals surface area contributed by atoms with E-state index >= 15 is 0 Å². The van der Waals surface area contributed by atoms with Crippen molar-refractivity contribution < 1.29 is 68.3 Å². The van der Waals surface area contributed by atoms with Gasteiger partial charge in [-0.3, -0.25) is 0 Å². The van der Waals surface area contributed by atoms with E-state index in [1.807, 2.05) is 53.7 Å². The fourth-order valence-electron chi connectivity index (χ4n) is 8.94. The Hall–Kier alpha value is -3.12. The number of aliphatic hydroxyl groups is 5. The van der Waals surface area contributed by atoms with E-state index in [-0.39, 0.29) is 42.3 Å². The van der Waals surface area contributed by atoms with Crippen molar-refractivity contribution in [3.05, 3.63) is 59.4 Å². The molecule has 15 nitrogen and oxygen atoms in total. The summed E-state index contributed by atoms with van der Waals surface area (Å²) in [5, 5.41) is 58.0. The van der Waals surface area contributed by atoms with Gasteiger partial charge in [0.1, 0.15) is 12.2 Å². The molecule has 0 bridgehead atoms. The summed E-state index contributed by atoms with van der Waals surface area (Å²) in [6.07, 6.45) is 2.20. The standard InChI is InChI=1S/C46H75NO14/c1-13-16-34-28(7)37(58-38-22-33(48)43(31(10)57-38)60-45(47)53)23-46(54,61-34)30(9)41(51)29(8)42-35(55-11)18-15-17-24(3)19-26(5)39(49)32(14-2)40(50)27(6)20-25(4)21-36(56-12)44(52)59-42/h13,15-18,20-21,26-35,37-43,48-51,54H,14,19,22-23H2,1-12H3,(H2,47,53)/b16-13+,18-15?,24-17?,25-20?,36-21?/t26-,27-,28-,29+,30+,31-,32+,33-,34-,35+,37-,38+,39+,40-,41-,42+,43-,46-/m1/s1. The van der Waals surface area contributed by atoms with E-state index in [1.165, 1.54) is 20.3 Å². The number of cyclic esters (lactones) is 1. The Morgan fingerprint density at radius 1 is 1.10 bits per heavy atom. The average molecular weight is 866 g/mol. The van der Waals surface area contributed by atoms with Gasteiger partial charge in [0.2, 0.25) is 5.76 Å². The van der Waals surface area contributed by atoms with Crippen LogP contribution in [-0.4, -0.2) is 125 Å². The number of hydrogen-bond donors (Lipinski definition) is 6. The maximum absolute atomic E-state index is 13.9. The fourth-order valence-corrected chi connectivity index (χ4v) is 8.94. The molecule has 0 radical (unpaired) electrons. The first-order valence-electron chi connectivity index (χ1n) is 21.7. The number of nitrogens with two attached hydrogens (primary N) is 1. The van der Waals surface area contributed by atoms with Gasteiger partial charge in [-0.05, 0) is 52.5 Å². The molecule has 15 heteroatoms. The SMILES string of the molecule is C/C=C/[C@H]1O[C@@](O)([C@@H](C)[C@H](O)[C@H](C)[C@@H]2OC(=O)C(OC)=CC(C)=C[C@@H](C)[C@@H](O)[C@@H](CC)[C@@H](O)[C@H](C)CC(C)=CC=C[C@@H]2OC)C[C@@H](O[C@H]2C[C@@H](O)[C@H](OC(N)=O)[C@@H](C)O2)[C@@H]1C. The van der Waals surface area contributed by atoms with E-state index in [1.54, 1.807) is 52.0 Å². The Bertz CT molecular complexity index is 1570. The van der Waals surface area contributed by atoms with Gasteiger partial charge in [0.25, 0.3) is 0 Å².